The molecule has 31 heavy (non-hydrogen) atoms. The van der Waals surface area contributed by atoms with E-state index in [9.17, 15) is 35.1 Å². The van der Waals surface area contributed by atoms with Crippen molar-refractivity contribution in [2.45, 2.75) is 31.6 Å². The minimum absolute atomic E-state index is 0.247. The molecule has 0 aliphatic rings. The first-order valence-electron chi connectivity index (χ1n) is 8.80. The van der Waals surface area contributed by atoms with Gasteiger partial charge in [-0.2, -0.15) is 35.8 Å². The van der Waals surface area contributed by atoms with Crippen molar-refractivity contribution in [2.24, 2.45) is 5.10 Å². The highest BCUT2D eigenvalue weighted by molar-refractivity contribution is 6.01. The molecule has 0 atom stereocenters. The van der Waals surface area contributed by atoms with E-state index < -0.39 is 24.0 Å². The molecule has 1 aromatic heterocycles. The highest BCUT2D eigenvalue weighted by Crippen LogP contribution is 2.45. The van der Waals surface area contributed by atoms with Gasteiger partial charge in [0.15, 0.2) is 0 Å². The number of para-hydroxylation sites is 1. The third-order valence-corrected chi connectivity index (χ3v) is 4.68. The van der Waals surface area contributed by atoms with Crippen molar-refractivity contribution in [1.29, 1.82) is 0 Å². The van der Waals surface area contributed by atoms with Gasteiger partial charge in [0.05, 0.1) is 6.21 Å². The Hall–Kier alpha value is -3.11. The first-order valence-corrected chi connectivity index (χ1v) is 8.80. The molecule has 0 fully saturated rings. The van der Waals surface area contributed by atoms with Crippen molar-refractivity contribution >= 4 is 17.1 Å². The molecule has 0 aliphatic heterocycles. The van der Waals surface area contributed by atoms with Crippen LogP contribution in [-0.2, 0) is 6.54 Å². The van der Waals surface area contributed by atoms with Crippen molar-refractivity contribution in [2.75, 3.05) is 0 Å². The predicted octanol–water partition coefficient (Wildman–Crippen LogP) is 5.85. The van der Waals surface area contributed by atoms with Gasteiger partial charge >= 0.3 is 18.1 Å². The Bertz CT molecular complexity index is 1100. The number of benzene rings is 2. The summed E-state index contributed by atoms with van der Waals surface area (Å²) in [4.78, 5) is 0. The topological polar surface area (TPSA) is 29.3 Å². The predicted molar refractivity (Wildman–Crippen MR) is 98.9 cm³/mol. The van der Waals surface area contributed by atoms with Crippen LogP contribution in [0.15, 0.2) is 53.6 Å². The number of hydrogen-bond acceptors (Lipinski definition) is 2. The highest BCUT2D eigenvalue weighted by Gasteiger charge is 2.73. The molecule has 0 saturated heterocycles. The van der Waals surface area contributed by atoms with Gasteiger partial charge in [0, 0.05) is 28.7 Å². The number of rotatable bonds is 6. The zero-order valence-electron chi connectivity index (χ0n) is 15.8. The molecule has 11 heteroatoms. The zero-order valence-corrected chi connectivity index (χ0v) is 15.8. The molecule has 0 spiro atoms. The Kier molecular flexibility index (Phi) is 5.72. The molecule has 166 valence electrons. The first kappa shape index (κ1) is 22.6. The number of aromatic nitrogens is 1. The second kappa shape index (κ2) is 7.86. The van der Waals surface area contributed by atoms with Crippen LogP contribution >= 0.6 is 0 Å². The lowest BCUT2D eigenvalue weighted by Gasteiger charge is -2.27. The van der Waals surface area contributed by atoms with Crippen LogP contribution < -0.4 is 5.43 Å². The fourth-order valence-electron chi connectivity index (χ4n) is 3.02. The van der Waals surface area contributed by atoms with Gasteiger partial charge in [0.2, 0.25) is 0 Å². The van der Waals surface area contributed by atoms with Gasteiger partial charge in [-0.1, -0.05) is 30.3 Å². The van der Waals surface area contributed by atoms with Crippen molar-refractivity contribution in [3.63, 3.8) is 0 Å². The monoisotopic (exact) mass is 449 g/mol. The van der Waals surface area contributed by atoms with E-state index in [0.717, 1.165) is 11.8 Å². The summed E-state index contributed by atoms with van der Waals surface area (Å²) < 4.78 is 104. The lowest BCUT2D eigenvalue weighted by molar-refractivity contribution is -0.361. The van der Waals surface area contributed by atoms with Crippen molar-refractivity contribution in [1.82, 2.24) is 9.99 Å². The van der Waals surface area contributed by atoms with Crippen molar-refractivity contribution in [3.8, 4) is 0 Å². The van der Waals surface area contributed by atoms with Crippen molar-refractivity contribution in [3.05, 3.63) is 71.2 Å². The van der Waals surface area contributed by atoms with Gasteiger partial charge < -0.3 is 4.57 Å². The Labute approximate surface area is 171 Å². The van der Waals surface area contributed by atoms with E-state index in [-0.39, 0.29) is 12.1 Å². The molecule has 1 N–H and O–H groups in total. The molecule has 0 radical (unpaired) electrons. The summed E-state index contributed by atoms with van der Waals surface area (Å²) >= 11 is 0. The summed E-state index contributed by atoms with van der Waals surface area (Å²) in [7, 11) is 0. The molecule has 0 bridgehead atoms. The summed E-state index contributed by atoms with van der Waals surface area (Å²) in [5, 5.41) is 3.48. The molecular weight excluding hydrogens is 434 g/mol. The van der Waals surface area contributed by atoms with Crippen LogP contribution in [0.3, 0.4) is 0 Å². The molecular formula is C20H15F8N3. The van der Waals surface area contributed by atoms with Crippen LogP contribution in [0.25, 0.3) is 10.9 Å². The van der Waals surface area contributed by atoms with Gasteiger partial charge in [0.1, 0.15) is 5.82 Å². The molecule has 0 unspecified atom stereocenters. The number of hydrogen-bond donors (Lipinski definition) is 1. The van der Waals surface area contributed by atoms with E-state index in [2.05, 4.69) is 5.10 Å². The van der Waals surface area contributed by atoms with E-state index in [1.54, 1.807) is 47.9 Å². The Morgan fingerprint density at radius 3 is 2.16 bits per heavy atom. The maximum atomic E-state index is 13.4. The van der Waals surface area contributed by atoms with Gasteiger partial charge in [-0.15, -0.1) is 0 Å². The van der Waals surface area contributed by atoms with Crippen molar-refractivity contribution < 1.29 is 35.1 Å². The summed E-state index contributed by atoms with van der Waals surface area (Å²) in [6.07, 6.45) is -5.70. The third kappa shape index (κ3) is 4.21. The number of alkyl halides is 7. The SMILES string of the molecule is Cc1c(/C=N\NC(F)(F)C(F)(F)C(F)(F)F)c2ccccc2n1Cc1ccc(F)cc1. The average Bonchev–Trinajstić information content (AvgIpc) is 2.94. The summed E-state index contributed by atoms with van der Waals surface area (Å²) in [5.41, 5.74) is 2.72. The fraction of sp³-hybridized carbons (Fsp3) is 0.250. The number of nitrogens with one attached hydrogen (secondary N) is 1. The lowest BCUT2D eigenvalue weighted by atomic mass is 10.1. The Balaban J connectivity index is 1.94. The number of hydrazone groups is 1. The van der Waals surface area contributed by atoms with E-state index in [4.69, 9.17) is 0 Å². The molecule has 1 heterocycles. The van der Waals surface area contributed by atoms with E-state index in [0.29, 0.717) is 22.0 Å². The fourth-order valence-corrected chi connectivity index (χ4v) is 3.02. The average molecular weight is 449 g/mol. The minimum atomic E-state index is -6.46. The van der Waals surface area contributed by atoms with Crippen LogP contribution in [-0.4, -0.2) is 28.9 Å². The number of halogens is 8. The normalized spacial score (nSPS) is 13.3. The van der Waals surface area contributed by atoms with Gasteiger partial charge in [-0.3, -0.25) is 0 Å². The minimum Gasteiger partial charge on any atom is -0.340 e. The Morgan fingerprint density at radius 2 is 1.55 bits per heavy atom. The lowest BCUT2D eigenvalue weighted by Crippen LogP contribution is -2.58. The molecule has 0 aliphatic carbocycles. The molecule has 3 nitrogen and oxygen atoms in total. The molecule has 0 amide bonds. The standard InChI is InChI=1S/C20H15F8N3/c1-12-16(10-29-30-20(27,28)18(22,23)19(24,25)26)15-4-2-3-5-17(15)31(12)11-13-6-8-14(21)9-7-13/h2-10,30H,11H2,1H3/b29-10-. The molecule has 2 aromatic carbocycles. The third-order valence-electron chi connectivity index (χ3n) is 4.68. The quantitative estimate of drug-likeness (QED) is 0.218. The second-order valence-electron chi connectivity index (χ2n) is 6.75. The number of fused-ring (bicyclic) bond motifs is 1. The smallest absolute Gasteiger partial charge is 0.340 e. The molecule has 3 aromatic rings. The molecule has 3 rings (SSSR count). The summed E-state index contributed by atoms with van der Waals surface area (Å²) in [5.74, 6) is -6.74. The number of nitrogens with zero attached hydrogens (tertiary/aromatic N) is 2. The van der Waals surface area contributed by atoms with Crippen LogP contribution in [0.2, 0.25) is 0 Å². The maximum Gasteiger partial charge on any atom is 0.462 e. The largest absolute Gasteiger partial charge is 0.462 e. The Morgan fingerprint density at radius 1 is 0.935 bits per heavy atom. The van der Waals surface area contributed by atoms with Crippen LogP contribution in [0.1, 0.15) is 16.8 Å². The maximum absolute atomic E-state index is 13.4. The van der Waals surface area contributed by atoms with E-state index in [1.807, 2.05) is 0 Å². The molecule has 0 saturated carbocycles. The highest BCUT2D eigenvalue weighted by atomic mass is 19.4. The van der Waals surface area contributed by atoms with E-state index in [1.165, 1.54) is 12.1 Å². The van der Waals surface area contributed by atoms with Crippen LogP contribution in [0.5, 0.6) is 0 Å². The van der Waals surface area contributed by atoms with Gasteiger partial charge in [0.25, 0.3) is 0 Å². The second-order valence-corrected chi connectivity index (χ2v) is 6.75. The van der Waals surface area contributed by atoms with Gasteiger partial charge in [-0.25, -0.2) is 9.82 Å². The van der Waals surface area contributed by atoms with Gasteiger partial charge in [-0.05, 0) is 30.7 Å². The van der Waals surface area contributed by atoms with Crippen LogP contribution in [0, 0.1) is 12.7 Å². The first-order chi connectivity index (χ1) is 14.3. The summed E-state index contributed by atoms with van der Waals surface area (Å²) in [6.45, 7) is 1.88. The van der Waals surface area contributed by atoms with Crippen LogP contribution in [0.4, 0.5) is 35.1 Å². The van der Waals surface area contributed by atoms with E-state index >= 15 is 0 Å². The zero-order chi connectivity index (χ0) is 23.0. The summed E-state index contributed by atoms with van der Waals surface area (Å²) in [6, 6.07) is 6.67.